The van der Waals surface area contributed by atoms with Crippen molar-refractivity contribution in [3.63, 3.8) is 0 Å². The summed E-state index contributed by atoms with van der Waals surface area (Å²) in [6, 6.07) is 1.73. The quantitative estimate of drug-likeness (QED) is 0.754. The topological polar surface area (TPSA) is 78.9 Å². The Labute approximate surface area is 141 Å². The predicted molar refractivity (Wildman–Crippen MR) is 88.0 cm³/mol. The number of morpholine rings is 1. The van der Waals surface area contributed by atoms with E-state index in [2.05, 4.69) is 9.97 Å². The maximum Gasteiger partial charge on any atom is 0.272 e. The van der Waals surface area contributed by atoms with E-state index >= 15 is 0 Å². The maximum absolute atomic E-state index is 12.8. The van der Waals surface area contributed by atoms with Crippen LogP contribution >= 0.6 is 0 Å². The highest BCUT2D eigenvalue weighted by molar-refractivity contribution is 5.93. The van der Waals surface area contributed by atoms with Gasteiger partial charge in [-0.25, -0.2) is 9.97 Å². The molecule has 0 aromatic carbocycles. The Hall–Kier alpha value is -2.22. The van der Waals surface area contributed by atoms with Crippen LogP contribution in [0.15, 0.2) is 6.07 Å². The SMILES string of the molecule is CC(=O)N1CCN(C(=O)c2cc(C)nc(N3CCOCC3)n2)CC1. The summed E-state index contributed by atoms with van der Waals surface area (Å²) in [5, 5.41) is 0. The first kappa shape index (κ1) is 16.6. The molecule has 0 unspecified atom stereocenters. The average Bonchev–Trinajstić information content (AvgIpc) is 2.61. The highest BCUT2D eigenvalue weighted by Gasteiger charge is 2.25. The zero-order valence-electron chi connectivity index (χ0n) is 14.2. The summed E-state index contributed by atoms with van der Waals surface area (Å²) in [4.78, 5) is 38.6. The van der Waals surface area contributed by atoms with Crippen molar-refractivity contribution in [2.75, 3.05) is 57.4 Å². The minimum absolute atomic E-state index is 0.0505. The minimum Gasteiger partial charge on any atom is -0.378 e. The summed E-state index contributed by atoms with van der Waals surface area (Å²) < 4.78 is 5.35. The molecular weight excluding hydrogens is 310 g/mol. The van der Waals surface area contributed by atoms with E-state index < -0.39 is 0 Å². The normalized spacial score (nSPS) is 18.7. The number of carbonyl (C=O) groups excluding carboxylic acids is 2. The van der Waals surface area contributed by atoms with Gasteiger partial charge in [-0.1, -0.05) is 0 Å². The summed E-state index contributed by atoms with van der Waals surface area (Å²) in [5.41, 5.74) is 1.19. The molecule has 24 heavy (non-hydrogen) atoms. The highest BCUT2D eigenvalue weighted by atomic mass is 16.5. The molecule has 3 rings (SSSR count). The van der Waals surface area contributed by atoms with Gasteiger partial charge in [-0.3, -0.25) is 9.59 Å². The molecule has 2 fully saturated rings. The summed E-state index contributed by atoms with van der Waals surface area (Å²) in [7, 11) is 0. The first-order valence-corrected chi connectivity index (χ1v) is 8.28. The molecule has 0 bridgehead atoms. The molecule has 0 atom stereocenters. The number of aromatic nitrogens is 2. The Morgan fingerprint density at radius 1 is 1.00 bits per heavy atom. The van der Waals surface area contributed by atoms with Crippen molar-refractivity contribution in [1.82, 2.24) is 19.8 Å². The molecule has 2 aliphatic heterocycles. The van der Waals surface area contributed by atoms with Gasteiger partial charge in [0.15, 0.2) is 0 Å². The van der Waals surface area contributed by atoms with Crippen LogP contribution in [0.1, 0.15) is 23.1 Å². The highest BCUT2D eigenvalue weighted by Crippen LogP contribution is 2.14. The summed E-state index contributed by atoms with van der Waals surface area (Å²) in [6.45, 7) is 8.39. The Morgan fingerprint density at radius 2 is 1.62 bits per heavy atom. The number of nitrogens with zero attached hydrogens (tertiary/aromatic N) is 5. The number of anilines is 1. The molecule has 2 saturated heterocycles. The van der Waals surface area contributed by atoms with Crippen LogP contribution in [0.2, 0.25) is 0 Å². The van der Waals surface area contributed by atoms with E-state index in [1.165, 1.54) is 0 Å². The second kappa shape index (κ2) is 7.12. The molecule has 8 heteroatoms. The molecule has 0 saturated carbocycles. The van der Waals surface area contributed by atoms with Crippen molar-refractivity contribution in [1.29, 1.82) is 0 Å². The molecule has 130 valence electrons. The summed E-state index contributed by atoms with van der Waals surface area (Å²) >= 11 is 0. The number of hydrogen-bond acceptors (Lipinski definition) is 6. The van der Waals surface area contributed by atoms with Crippen molar-refractivity contribution in [3.8, 4) is 0 Å². The molecule has 0 aliphatic carbocycles. The number of hydrogen-bond donors (Lipinski definition) is 0. The molecule has 0 spiro atoms. The molecule has 1 aromatic heterocycles. The minimum atomic E-state index is -0.0989. The lowest BCUT2D eigenvalue weighted by atomic mass is 10.2. The van der Waals surface area contributed by atoms with Crippen molar-refractivity contribution in [2.45, 2.75) is 13.8 Å². The van der Waals surface area contributed by atoms with E-state index in [0.29, 0.717) is 51.0 Å². The number of piperazine rings is 1. The van der Waals surface area contributed by atoms with Crippen LogP contribution in [0.5, 0.6) is 0 Å². The van der Waals surface area contributed by atoms with Gasteiger partial charge in [0.2, 0.25) is 11.9 Å². The summed E-state index contributed by atoms with van der Waals surface area (Å²) in [5.74, 6) is 0.539. The Kier molecular flexibility index (Phi) is 4.94. The number of carbonyl (C=O) groups is 2. The lowest BCUT2D eigenvalue weighted by Crippen LogP contribution is -2.50. The van der Waals surface area contributed by atoms with Crippen LogP contribution < -0.4 is 4.90 Å². The Bertz CT molecular complexity index is 622. The van der Waals surface area contributed by atoms with Gasteiger partial charge in [-0.2, -0.15) is 0 Å². The van der Waals surface area contributed by atoms with E-state index in [9.17, 15) is 9.59 Å². The zero-order chi connectivity index (χ0) is 17.1. The number of aryl methyl sites for hydroxylation is 1. The maximum atomic E-state index is 12.8. The molecule has 1 aromatic rings. The van der Waals surface area contributed by atoms with Crippen molar-refractivity contribution >= 4 is 17.8 Å². The van der Waals surface area contributed by atoms with Gasteiger partial charge in [0.1, 0.15) is 5.69 Å². The lowest BCUT2D eigenvalue weighted by molar-refractivity contribution is -0.130. The Morgan fingerprint density at radius 3 is 2.25 bits per heavy atom. The monoisotopic (exact) mass is 333 g/mol. The fraction of sp³-hybridized carbons (Fsp3) is 0.625. The fourth-order valence-corrected chi connectivity index (χ4v) is 2.95. The molecule has 0 radical (unpaired) electrons. The van der Waals surface area contributed by atoms with Gasteiger partial charge in [0.25, 0.3) is 5.91 Å². The van der Waals surface area contributed by atoms with Crippen LogP contribution in [-0.4, -0.2) is 84.1 Å². The third-order valence-corrected chi connectivity index (χ3v) is 4.37. The number of ether oxygens (including phenoxy) is 1. The second-order valence-corrected chi connectivity index (χ2v) is 6.09. The standard InChI is InChI=1S/C16H23N5O3/c1-12-11-14(18-16(17-12)21-7-9-24-10-8-21)15(23)20-5-3-19(4-6-20)13(2)22/h11H,3-10H2,1-2H3. The number of rotatable bonds is 2. The smallest absolute Gasteiger partial charge is 0.272 e. The third kappa shape index (κ3) is 3.64. The Balaban J connectivity index is 1.73. The van der Waals surface area contributed by atoms with Crippen LogP contribution in [0, 0.1) is 6.92 Å². The van der Waals surface area contributed by atoms with E-state index in [4.69, 9.17) is 4.74 Å². The van der Waals surface area contributed by atoms with Gasteiger partial charge < -0.3 is 19.4 Å². The molecule has 2 aliphatic rings. The van der Waals surface area contributed by atoms with Gasteiger partial charge in [0.05, 0.1) is 13.2 Å². The van der Waals surface area contributed by atoms with Crippen molar-refractivity contribution in [3.05, 3.63) is 17.5 Å². The van der Waals surface area contributed by atoms with Crippen LogP contribution in [0.4, 0.5) is 5.95 Å². The predicted octanol–water partition coefficient (Wildman–Crippen LogP) is -0.0741. The van der Waals surface area contributed by atoms with Gasteiger partial charge in [-0.15, -0.1) is 0 Å². The van der Waals surface area contributed by atoms with Crippen LogP contribution in [-0.2, 0) is 9.53 Å². The van der Waals surface area contributed by atoms with E-state index in [0.717, 1.165) is 18.8 Å². The molecule has 8 nitrogen and oxygen atoms in total. The van der Waals surface area contributed by atoms with Crippen LogP contribution in [0.25, 0.3) is 0 Å². The van der Waals surface area contributed by atoms with E-state index in [-0.39, 0.29) is 11.8 Å². The lowest BCUT2D eigenvalue weighted by Gasteiger charge is -2.34. The van der Waals surface area contributed by atoms with Crippen molar-refractivity contribution < 1.29 is 14.3 Å². The van der Waals surface area contributed by atoms with Gasteiger partial charge >= 0.3 is 0 Å². The van der Waals surface area contributed by atoms with Crippen LogP contribution in [0.3, 0.4) is 0 Å². The third-order valence-electron chi connectivity index (χ3n) is 4.37. The first-order chi connectivity index (χ1) is 11.5. The van der Waals surface area contributed by atoms with E-state index in [1.807, 2.05) is 11.8 Å². The first-order valence-electron chi connectivity index (χ1n) is 8.28. The zero-order valence-corrected chi connectivity index (χ0v) is 14.2. The summed E-state index contributed by atoms with van der Waals surface area (Å²) in [6.07, 6.45) is 0. The van der Waals surface area contributed by atoms with E-state index in [1.54, 1.807) is 22.8 Å². The second-order valence-electron chi connectivity index (χ2n) is 6.09. The van der Waals surface area contributed by atoms with Crippen molar-refractivity contribution in [2.24, 2.45) is 0 Å². The molecular formula is C16H23N5O3. The molecule has 3 heterocycles. The van der Waals surface area contributed by atoms with Gasteiger partial charge in [0, 0.05) is 51.9 Å². The fourth-order valence-electron chi connectivity index (χ4n) is 2.95. The van der Waals surface area contributed by atoms with Gasteiger partial charge in [-0.05, 0) is 13.0 Å². The molecule has 2 amide bonds. The molecule has 0 N–H and O–H groups in total. The largest absolute Gasteiger partial charge is 0.378 e. The average molecular weight is 333 g/mol. The number of amides is 2.